The number of rotatable bonds is 4. The molecule has 0 bridgehead atoms. The van der Waals surface area contributed by atoms with E-state index in [4.69, 9.17) is 4.74 Å². The van der Waals surface area contributed by atoms with Gasteiger partial charge in [0.1, 0.15) is 24.0 Å². The van der Waals surface area contributed by atoms with Gasteiger partial charge in [-0.05, 0) is 23.1 Å². The summed E-state index contributed by atoms with van der Waals surface area (Å²) in [6, 6.07) is 7.52. The van der Waals surface area contributed by atoms with Gasteiger partial charge in [0, 0.05) is 0 Å². The lowest BCUT2D eigenvalue weighted by Gasteiger charge is -2.40. The maximum absolute atomic E-state index is 11.3. The summed E-state index contributed by atoms with van der Waals surface area (Å²) < 4.78 is 6.90. The average molecular weight is 275 g/mol. The molecule has 20 heavy (non-hydrogen) atoms. The smallest absolute Gasteiger partial charge is 0.137 e. The van der Waals surface area contributed by atoms with E-state index in [1.54, 1.807) is 18.1 Å². The van der Waals surface area contributed by atoms with E-state index < -0.39 is 5.60 Å². The number of methoxy groups -OCH3 is 1. The molecule has 2 aromatic rings. The molecule has 0 amide bonds. The second-order valence-electron chi connectivity index (χ2n) is 5.94. The maximum atomic E-state index is 11.3. The van der Waals surface area contributed by atoms with Gasteiger partial charge >= 0.3 is 0 Å². The fourth-order valence-corrected chi connectivity index (χ4v) is 2.19. The molecule has 2 rings (SSSR count). The molecule has 5 heteroatoms. The standard InChI is InChI=1S/C15H21N3O2/c1-14(2,3)15(19,9-18-11-16-10-17-18)12-6-5-7-13(8-12)20-4/h5-8,10-11,19H,9H2,1-4H3. The minimum atomic E-state index is -1.07. The number of ether oxygens (including phenoxy) is 1. The summed E-state index contributed by atoms with van der Waals surface area (Å²) in [5, 5.41) is 15.4. The molecule has 0 saturated carbocycles. The first kappa shape index (κ1) is 14.5. The summed E-state index contributed by atoms with van der Waals surface area (Å²) in [6.07, 6.45) is 3.07. The van der Waals surface area contributed by atoms with Crippen LogP contribution in [0.4, 0.5) is 0 Å². The van der Waals surface area contributed by atoms with Crippen molar-refractivity contribution in [3.05, 3.63) is 42.5 Å². The Morgan fingerprint density at radius 1 is 1.30 bits per heavy atom. The van der Waals surface area contributed by atoms with Crippen LogP contribution in [0, 0.1) is 5.41 Å². The molecule has 108 valence electrons. The number of hydrogen-bond acceptors (Lipinski definition) is 4. The van der Waals surface area contributed by atoms with E-state index in [0.29, 0.717) is 6.54 Å². The van der Waals surface area contributed by atoms with Crippen LogP contribution in [-0.2, 0) is 12.1 Å². The zero-order valence-electron chi connectivity index (χ0n) is 12.4. The van der Waals surface area contributed by atoms with Crippen molar-refractivity contribution >= 4 is 0 Å². The summed E-state index contributed by atoms with van der Waals surface area (Å²) in [7, 11) is 1.62. The van der Waals surface area contributed by atoms with E-state index in [1.165, 1.54) is 6.33 Å². The predicted octanol–water partition coefficient (Wildman–Crippen LogP) is 2.22. The maximum Gasteiger partial charge on any atom is 0.137 e. The van der Waals surface area contributed by atoms with Crippen molar-refractivity contribution in [3.63, 3.8) is 0 Å². The van der Waals surface area contributed by atoms with Crippen molar-refractivity contribution in [2.24, 2.45) is 5.41 Å². The lowest BCUT2D eigenvalue weighted by atomic mass is 9.72. The highest BCUT2D eigenvalue weighted by molar-refractivity contribution is 5.33. The first-order chi connectivity index (χ1) is 9.37. The van der Waals surface area contributed by atoms with Crippen molar-refractivity contribution in [2.45, 2.75) is 32.9 Å². The number of aromatic nitrogens is 3. The Hall–Kier alpha value is -1.88. The van der Waals surface area contributed by atoms with Gasteiger partial charge in [-0.15, -0.1) is 0 Å². The van der Waals surface area contributed by atoms with E-state index in [2.05, 4.69) is 10.1 Å². The van der Waals surface area contributed by atoms with Gasteiger partial charge in [0.25, 0.3) is 0 Å². The molecule has 0 spiro atoms. The van der Waals surface area contributed by atoms with Crippen LogP contribution < -0.4 is 4.74 Å². The molecular weight excluding hydrogens is 254 g/mol. The molecule has 0 aliphatic carbocycles. The minimum absolute atomic E-state index is 0.337. The Morgan fingerprint density at radius 2 is 2.05 bits per heavy atom. The van der Waals surface area contributed by atoms with Gasteiger partial charge in [-0.1, -0.05) is 32.9 Å². The molecule has 0 aliphatic heterocycles. The van der Waals surface area contributed by atoms with Crippen molar-refractivity contribution < 1.29 is 9.84 Å². The Labute approximate surface area is 119 Å². The Kier molecular flexibility index (Phi) is 3.81. The van der Waals surface area contributed by atoms with Gasteiger partial charge in [0.2, 0.25) is 0 Å². The van der Waals surface area contributed by atoms with Crippen LogP contribution in [0.2, 0.25) is 0 Å². The van der Waals surface area contributed by atoms with Crippen molar-refractivity contribution in [3.8, 4) is 5.75 Å². The SMILES string of the molecule is COc1cccc(C(O)(Cn2cncn2)C(C)(C)C)c1. The first-order valence-corrected chi connectivity index (χ1v) is 6.56. The Balaban J connectivity index is 2.46. The molecule has 1 aromatic heterocycles. The van der Waals surface area contributed by atoms with Crippen molar-refractivity contribution in [1.29, 1.82) is 0 Å². The van der Waals surface area contributed by atoms with Gasteiger partial charge < -0.3 is 9.84 Å². The highest BCUT2D eigenvalue weighted by atomic mass is 16.5. The Morgan fingerprint density at radius 3 is 2.60 bits per heavy atom. The van der Waals surface area contributed by atoms with Gasteiger partial charge in [0.05, 0.1) is 13.7 Å². The molecule has 1 aromatic carbocycles. The molecule has 1 N–H and O–H groups in total. The minimum Gasteiger partial charge on any atom is -0.497 e. The van der Waals surface area contributed by atoms with Crippen LogP contribution >= 0.6 is 0 Å². The number of aliphatic hydroxyl groups is 1. The lowest BCUT2D eigenvalue weighted by Crippen LogP contribution is -2.44. The topological polar surface area (TPSA) is 60.2 Å². The quantitative estimate of drug-likeness (QED) is 0.929. The molecule has 1 unspecified atom stereocenters. The fourth-order valence-electron chi connectivity index (χ4n) is 2.19. The zero-order chi connectivity index (χ0) is 14.8. The number of nitrogens with zero attached hydrogens (tertiary/aromatic N) is 3. The molecule has 1 atom stereocenters. The van der Waals surface area contributed by atoms with E-state index in [-0.39, 0.29) is 5.41 Å². The van der Waals surface area contributed by atoms with Crippen LogP contribution in [0.25, 0.3) is 0 Å². The summed E-state index contributed by atoms with van der Waals surface area (Å²) in [6.45, 7) is 6.35. The summed E-state index contributed by atoms with van der Waals surface area (Å²) in [5.74, 6) is 0.726. The largest absolute Gasteiger partial charge is 0.497 e. The highest BCUT2D eigenvalue weighted by Gasteiger charge is 2.42. The van der Waals surface area contributed by atoms with E-state index in [0.717, 1.165) is 11.3 Å². The molecule has 5 nitrogen and oxygen atoms in total. The second kappa shape index (κ2) is 5.25. The summed E-state index contributed by atoms with van der Waals surface area (Å²) in [4.78, 5) is 3.93. The molecule has 1 heterocycles. The predicted molar refractivity (Wildman–Crippen MR) is 76.4 cm³/mol. The third-order valence-electron chi connectivity index (χ3n) is 3.65. The van der Waals surface area contributed by atoms with E-state index >= 15 is 0 Å². The van der Waals surface area contributed by atoms with Gasteiger partial charge in [0.15, 0.2) is 0 Å². The van der Waals surface area contributed by atoms with E-state index in [9.17, 15) is 5.11 Å². The third kappa shape index (κ3) is 2.67. The monoisotopic (exact) mass is 275 g/mol. The summed E-state index contributed by atoms with van der Waals surface area (Å²) in [5.41, 5.74) is -0.638. The zero-order valence-corrected chi connectivity index (χ0v) is 12.4. The van der Waals surface area contributed by atoms with E-state index in [1.807, 2.05) is 45.0 Å². The first-order valence-electron chi connectivity index (χ1n) is 6.56. The van der Waals surface area contributed by atoms with Crippen LogP contribution in [0.1, 0.15) is 26.3 Å². The van der Waals surface area contributed by atoms with Crippen LogP contribution in [0.3, 0.4) is 0 Å². The van der Waals surface area contributed by atoms with Gasteiger partial charge in [-0.3, -0.25) is 0 Å². The van der Waals surface area contributed by atoms with Gasteiger partial charge in [-0.25, -0.2) is 9.67 Å². The van der Waals surface area contributed by atoms with Crippen molar-refractivity contribution in [1.82, 2.24) is 14.8 Å². The molecule has 0 radical (unpaired) electrons. The van der Waals surface area contributed by atoms with Crippen LogP contribution in [0.5, 0.6) is 5.75 Å². The normalized spacial score (nSPS) is 14.8. The molecule has 0 fully saturated rings. The summed E-state index contributed by atoms with van der Waals surface area (Å²) >= 11 is 0. The molecular formula is C15H21N3O2. The second-order valence-corrected chi connectivity index (χ2v) is 5.94. The lowest BCUT2D eigenvalue weighted by molar-refractivity contribution is -0.0805. The van der Waals surface area contributed by atoms with Crippen molar-refractivity contribution in [2.75, 3.05) is 7.11 Å². The molecule has 0 aliphatic rings. The van der Waals surface area contributed by atoms with Crippen LogP contribution in [-0.4, -0.2) is 27.0 Å². The number of hydrogen-bond donors (Lipinski definition) is 1. The Bertz CT molecular complexity index is 561. The molecule has 0 saturated heterocycles. The third-order valence-corrected chi connectivity index (χ3v) is 3.65. The average Bonchev–Trinajstić information content (AvgIpc) is 2.90. The van der Waals surface area contributed by atoms with Crippen LogP contribution in [0.15, 0.2) is 36.9 Å². The van der Waals surface area contributed by atoms with Gasteiger partial charge in [-0.2, -0.15) is 5.10 Å². The fraction of sp³-hybridized carbons (Fsp3) is 0.467. The highest BCUT2D eigenvalue weighted by Crippen LogP contribution is 2.41. The number of benzene rings is 1.